The van der Waals surface area contributed by atoms with Crippen molar-refractivity contribution in [3.63, 3.8) is 0 Å². The van der Waals surface area contributed by atoms with Gasteiger partial charge in [-0.25, -0.2) is 0 Å². The molecule has 0 heterocycles. The van der Waals surface area contributed by atoms with Crippen LogP contribution >= 0.6 is 0 Å². The van der Waals surface area contributed by atoms with Crippen LogP contribution in [0.5, 0.6) is 0 Å². The van der Waals surface area contributed by atoms with Crippen LogP contribution in [0.25, 0.3) is 11.1 Å². The maximum atomic E-state index is 12.3. The monoisotopic (exact) mass is 268 g/mol. The first-order valence-corrected chi connectivity index (χ1v) is 6.50. The molecule has 0 aromatic heterocycles. The van der Waals surface area contributed by atoms with Gasteiger partial charge in [-0.3, -0.25) is 9.59 Å². The topological polar surface area (TPSA) is 54.4 Å². The number of rotatable bonds is 5. The number of hydrogen-bond donors (Lipinski definition) is 1. The quantitative estimate of drug-likeness (QED) is 0.842. The Labute approximate surface area is 117 Å². The van der Waals surface area contributed by atoms with Crippen molar-refractivity contribution in [3.05, 3.63) is 60.2 Å². The highest BCUT2D eigenvalue weighted by Crippen LogP contribution is 2.25. The first-order valence-electron chi connectivity index (χ1n) is 6.50. The number of ketones is 1. The molecule has 0 radical (unpaired) electrons. The summed E-state index contributed by atoms with van der Waals surface area (Å²) in [6, 6.07) is 16.9. The molecule has 0 aliphatic carbocycles. The first-order chi connectivity index (χ1) is 9.59. The SMILES string of the molecule is CC(CC(=O)c1ccccc1-c1ccccc1)C(=O)O. The summed E-state index contributed by atoms with van der Waals surface area (Å²) in [6.07, 6.45) is 0.0131. The summed E-state index contributed by atoms with van der Waals surface area (Å²) in [4.78, 5) is 23.2. The van der Waals surface area contributed by atoms with Crippen molar-refractivity contribution in [2.75, 3.05) is 0 Å². The van der Waals surface area contributed by atoms with Crippen LogP contribution in [-0.4, -0.2) is 16.9 Å². The number of Topliss-reactive ketones (excluding diaryl/α,β-unsaturated/α-hetero) is 1. The normalized spacial score (nSPS) is 11.8. The Bertz CT molecular complexity index is 617. The van der Waals surface area contributed by atoms with E-state index in [1.165, 1.54) is 0 Å². The molecule has 0 fully saturated rings. The van der Waals surface area contributed by atoms with E-state index in [1.807, 2.05) is 42.5 Å². The Morgan fingerprint density at radius 3 is 2.25 bits per heavy atom. The van der Waals surface area contributed by atoms with E-state index in [0.717, 1.165) is 11.1 Å². The molecular formula is C17H16O3. The zero-order valence-electron chi connectivity index (χ0n) is 11.2. The summed E-state index contributed by atoms with van der Waals surface area (Å²) < 4.78 is 0. The van der Waals surface area contributed by atoms with Gasteiger partial charge in [-0.1, -0.05) is 61.5 Å². The van der Waals surface area contributed by atoms with Crippen LogP contribution in [0.3, 0.4) is 0 Å². The third kappa shape index (κ3) is 3.12. The van der Waals surface area contributed by atoms with Crippen LogP contribution in [-0.2, 0) is 4.79 Å². The van der Waals surface area contributed by atoms with Gasteiger partial charge < -0.3 is 5.11 Å². The molecule has 2 aromatic carbocycles. The van der Waals surface area contributed by atoms with E-state index in [9.17, 15) is 9.59 Å². The fourth-order valence-corrected chi connectivity index (χ4v) is 2.07. The van der Waals surface area contributed by atoms with E-state index >= 15 is 0 Å². The first kappa shape index (κ1) is 14.0. The Hall–Kier alpha value is -2.42. The maximum absolute atomic E-state index is 12.3. The van der Waals surface area contributed by atoms with Gasteiger partial charge in [0.15, 0.2) is 5.78 Å². The van der Waals surface area contributed by atoms with Gasteiger partial charge in [0.25, 0.3) is 0 Å². The Kier molecular flexibility index (Phi) is 4.31. The largest absolute Gasteiger partial charge is 0.481 e. The van der Waals surface area contributed by atoms with Crippen molar-refractivity contribution in [2.24, 2.45) is 5.92 Å². The molecule has 0 saturated heterocycles. The summed E-state index contributed by atoms with van der Waals surface area (Å²) in [5, 5.41) is 8.91. The number of carboxylic acids is 1. The van der Waals surface area contributed by atoms with E-state index in [2.05, 4.69) is 0 Å². The third-order valence-electron chi connectivity index (χ3n) is 3.23. The van der Waals surface area contributed by atoms with Gasteiger partial charge in [-0.2, -0.15) is 0 Å². The highest BCUT2D eigenvalue weighted by atomic mass is 16.4. The van der Waals surface area contributed by atoms with Gasteiger partial charge in [0, 0.05) is 12.0 Å². The second-order valence-electron chi connectivity index (χ2n) is 4.78. The molecule has 20 heavy (non-hydrogen) atoms. The van der Waals surface area contributed by atoms with Crippen LogP contribution < -0.4 is 0 Å². The lowest BCUT2D eigenvalue weighted by atomic mass is 9.93. The molecule has 3 nitrogen and oxygen atoms in total. The molecule has 0 aliphatic rings. The highest BCUT2D eigenvalue weighted by Gasteiger charge is 2.19. The standard InChI is InChI=1S/C17H16O3/c1-12(17(19)20)11-16(18)15-10-6-5-9-14(15)13-7-3-2-4-8-13/h2-10,12H,11H2,1H3,(H,19,20). The number of hydrogen-bond acceptors (Lipinski definition) is 2. The predicted octanol–water partition coefficient (Wildman–Crippen LogP) is 3.65. The van der Waals surface area contributed by atoms with Crippen LogP contribution in [0.2, 0.25) is 0 Å². The second kappa shape index (κ2) is 6.15. The summed E-state index contributed by atoms with van der Waals surface area (Å²) in [5.74, 6) is -1.76. The molecular weight excluding hydrogens is 252 g/mol. The van der Waals surface area contributed by atoms with Crippen molar-refractivity contribution in [3.8, 4) is 11.1 Å². The molecule has 2 aromatic rings. The zero-order valence-corrected chi connectivity index (χ0v) is 11.2. The summed E-state index contributed by atoms with van der Waals surface area (Å²) in [7, 11) is 0. The average molecular weight is 268 g/mol. The zero-order chi connectivity index (χ0) is 14.5. The molecule has 0 spiro atoms. The molecule has 1 N–H and O–H groups in total. The minimum Gasteiger partial charge on any atom is -0.481 e. The van der Waals surface area contributed by atoms with Crippen molar-refractivity contribution in [1.82, 2.24) is 0 Å². The van der Waals surface area contributed by atoms with Gasteiger partial charge >= 0.3 is 5.97 Å². The maximum Gasteiger partial charge on any atom is 0.306 e. The van der Waals surface area contributed by atoms with E-state index in [0.29, 0.717) is 5.56 Å². The lowest BCUT2D eigenvalue weighted by Crippen LogP contribution is -2.15. The minimum absolute atomic E-state index is 0.0131. The fourth-order valence-electron chi connectivity index (χ4n) is 2.07. The number of carbonyl (C=O) groups excluding carboxylic acids is 1. The van der Waals surface area contributed by atoms with Crippen molar-refractivity contribution in [1.29, 1.82) is 0 Å². The molecule has 1 unspecified atom stereocenters. The van der Waals surface area contributed by atoms with Crippen LogP contribution in [0.4, 0.5) is 0 Å². The molecule has 2 rings (SSSR count). The number of benzene rings is 2. The van der Waals surface area contributed by atoms with E-state index in [4.69, 9.17) is 5.11 Å². The molecule has 0 aliphatic heterocycles. The van der Waals surface area contributed by atoms with Gasteiger partial charge in [0.2, 0.25) is 0 Å². The van der Waals surface area contributed by atoms with Crippen molar-refractivity contribution in [2.45, 2.75) is 13.3 Å². The summed E-state index contributed by atoms with van der Waals surface area (Å²) >= 11 is 0. The minimum atomic E-state index is -0.949. The lowest BCUT2D eigenvalue weighted by molar-refractivity contribution is -0.141. The second-order valence-corrected chi connectivity index (χ2v) is 4.78. The van der Waals surface area contributed by atoms with E-state index in [-0.39, 0.29) is 12.2 Å². The molecule has 0 bridgehead atoms. The van der Waals surface area contributed by atoms with E-state index in [1.54, 1.807) is 19.1 Å². The number of carboxylic acid groups (broad SMARTS) is 1. The van der Waals surface area contributed by atoms with Gasteiger partial charge in [0.05, 0.1) is 5.92 Å². The van der Waals surface area contributed by atoms with E-state index < -0.39 is 11.9 Å². The van der Waals surface area contributed by atoms with Gasteiger partial charge in [0.1, 0.15) is 0 Å². The molecule has 1 atom stereocenters. The Morgan fingerprint density at radius 2 is 1.60 bits per heavy atom. The fraction of sp³-hybridized carbons (Fsp3) is 0.176. The number of aliphatic carboxylic acids is 1. The Balaban J connectivity index is 2.33. The van der Waals surface area contributed by atoms with Gasteiger partial charge in [-0.15, -0.1) is 0 Å². The summed E-state index contributed by atoms with van der Waals surface area (Å²) in [6.45, 7) is 1.55. The average Bonchev–Trinajstić information content (AvgIpc) is 2.48. The van der Waals surface area contributed by atoms with Crippen LogP contribution in [0.15, 0.2) is 54.6 Å². The smallest absolute Gasteiger partial charge is 0.306 e. The molecule has 0 amide bonds. The molecule has 102 valence electrons. The van der Waals surface area contributed by atoms with Gasteiger partial charge in [-0.05, 0) is 11.1 Å². The van der Waals surface area contributed by atoms with Crippen LogP contribution in [0, 0.1) is 5.92 Å². The lowest BCUT2D eigenvalue weighted by Gasteiger charge is -2.10. The van der Waals surface area contributed by atoms with Crippen molar-refractivity contribution < 1.29 is 14.7 Å². The Morgan fingerprint density at radius 1 is 1.00 bits per heavy atom. The van der Waals surface area contributed by atoms with Crippen molar-refractivity contribution >= 4 is 11.8 Å². The number of carbonyl (C=O) groups is 2. The molecule has 3 heteroatoms. The summed E-state index contributed by atoms with van der Waals surface area (Å²) in [5.41, 5.74) is 2.38. The predicted molar refractivity (Wildman–Crippen MR) is 77.6 cm³/mol. The highest BCUT2D eigenvalue weighted by molar-refractivity contribution is 6.03. The van der Waals surface area contributed by atoms with Crippen LogP contribution in [0.1, 0.15) is 23.7 Å². The third-order valence-corrected chi connectivity index (χ3v) is 3.23. The molecule has 0 saturated carbocycles.